The highest BCUT2D eigenvalue weighted by atomic mass is 19.1. The number of ether oxygens (including phenoxy) is 1. The SMILES string of the molecule is Cc1cccc(OCC(=O)N2C[C@H](C)N(Cc3ccc(F)cc3)C[C@H]2C)c1. The Kier molecular flexibility index (Phi) is 6.11. The smallest absolute Gasteiger partial charge is 0.260 e. The minimum Gasteiger partial charge on any atom is -0.484 e. The summed E-state index contributed by atoms with van der Waals surface area (Å²) in [7, 11) is 0. The number of benzene rings is 2. The van der Waals surface area contributed by atoms with Crippen molar-refractivity contribution in [2.75, 3.05) is 19.7 Å². The molecule has 0 aliphatic carbocycles. The molecule has 2 atom stereocenters. The van der Waals surface area contributed by atoms with Crippen LogP contribution in [-0.4, -0.2) is 47.5 Å². The van der Waals surface area contributed by atoms with Crippen LogP contribution >= 0.6 is 0 Å². The van der Waals surface area contributed by atoms with E-state index in [1.807, 2.05) is 48.2 Å². The van der Waals surface area contributed by atoms with Gasteiger partial charge in [-0.05, 0) is 56.2 Å². The molecule has 1 amide bonds. The third-order valence-electron chi connectivity index (χ3n) is 5.09. The van der Waals surface area contributed by atoms with E-state index in [4.69, 9.17) is 4.74 Å². The average molecular weight is 370 g/mol. The maximum Gasteiger partial charge on any atom is 0.260 e. The second kappa shape index (κ2) is 8.53. The maximum atomic E-state index is 13.1. The highest BCUT2D eigenvalue weighted by Gasteiger charge is 2.32. The molecule has 0 bridgehead atoms. The fourth-order valence-electron chi connectivity index (χ4n) is 3.52. The van der Waals surface area contributed by atoms with Crippen LogP contribution in [-0.2, 0) is 11.3 Å². The lowest BCUT2D eigenvalue weighted by molar-refractivity contribution is -0.139. The second-order valence-corrected chi connectivity index (χ2v) is 7.41. The Balaban J connectivity index is 1.55. The Labute approximate surface area is 160 Å². The quantitative estimate of drug-likeness (QED) is 0.806. The molecular weight excluding hydrogens is 343 g/mol. The fourth-order valence-corrected chi connectivity index (χ4v) is 3.52. The molecule has 0 aromatic heterocycles. The van der Waals surface area contributed by atoms with Crippen molar-refractivity contribution in [1.82, 2.24) is 9.80 Å². The third-order valence-corrected chi connectivity index (χ3v) is 5.09. The monoisotopic (exact) mass is 370 g/mol. The van der Waals surface area contributed by atoms with Crippen LogP contribution in [0.4, 0.5) is 4.39 Å². The standard InChI is InChI=1S/C22H27FN2O2/c1-16-5-4-6-21(11-16)27-15-22(26)25-13-17(2)24(12-18(25)3)14-19-7-9-20(23)10-8-19/h4-11,17-18H,12-15H2,1-3H3/t17-,18+/m0/s1. The van der Waals surface area contributed by atoms with Gasteiger partial charge in [0.15, 0.2) is 6.61 Å². The van der Waals surface area contributed by atoms with Crippen molar-refractivity contribution in [3.8, 4) is 5.75 Å². The van der Waals surface area contributed by atoms with Crippen LogP contribution in [0.2, 0.25) is 0 Å². The number of carbonyl (C=O) groups excluding carboxylic acids is 1. The number of halogens is 1. The zero-order valence-corrected chi connectivity index (χ0v) is 16.2. The summed E-state index contributed by atoms with van der Waals surface area (Å²) < 4.78 is 18.8. The molecule has 0 saturated carbocycles. The number of rotatable bonds is 5. The van der Waals surface area contributed by atoms with E-state index in [0.717, 1.165) is 30.0 Å². The normalized spacial score (nSPS) is 20.5. The molecule has 0 unspecified atom stereocenters. The van der Waals surface area contributed by atoms with Gasteiger partial charge in [-0.2, -0.15) is 0 Å². The lowest BCUT2D eigenvalue weighted by Gasteiger charge is -2.44. The molecule has 2 aromatic carbocycles. The van der Waals surface area contributed by atoms with Gasteiger partial charge in [0, 0.05) is 31.7 Å². The van der Waals surface area contributed by atoms with E-state index in [-0.39, 0.29) is 30.4 Å². The second-order valence-electron chi connectivity index (χ2n) is 7.41. The number of aryl methyl sites for hydroxylation is 1. The summed E-state index contributed by atoms with van der Waals surface area (Å²) in [5.74, 6) is 0.514. The van der Waals surface area contributed by atoms with Gasteiger partial charge in [-0.1, -0.05) is 24.3 Å². The van der Waals surface area contributed by atoms with E-state index in [9.17, 15) is 9.18 Å². The van der Waals surface area contributed by atoms with Crippen molar-refractivity contribution < 1.29 is 13.9 Å². The number of hydrogen-bond acceptors (Lipinski definition) is 3. The topological polar surface area (TPSA) is 32.8 Å². The van der Waals surface area contributed by atoms with Gasteiger partial charge in [0.25, 0.3) is 5.91 Å². The molecule has 1 heterocycles. The van der Waals surface area contributed by atoms with Gasteiger partial charge in [-0.15, -0.1) is 0 Å². The van der Waals surface area contributed by atoms with Crippen LogP contribution < -0.4 is 4.74 Å². The predicted octanol–water partition coefficient (Wildman–Crippen LogP) is 3.63. The molecule has 0 spiro atoms. The molecule has 1 aliphatic heterocycles. The molecule has 3 rings (SSSR count). The Morgan fingerprint density at radius 3 is 2.56 bits per heavy atom. The number of amides is 1. The van der Waals surface area contributed by atoms with E-state index < -0.39 is 0 Å². The molecule has 1 saturated heterocycles. The molecule has 1 fully saturated rings. The Morgan fingerprint density at radius 1 is 1.11 bits per heavy atom. The fraction of sp³-hybridized carbons (Fsp3) is 0.409. The third kappa shape index (κ3) is 5.07. The summed E-state index contributed by atoms with van der Waals surface area (Å²) in [5.41, 5.74) is 2.19. The lowest BCUT2D eigenvalue weighted by atomic mass is 10.1. The van der Waals surface area contributed by atoms with Gasteiger partial charge >= 0.3 is 0 Å². The minimum absolute atomic E-state index is 0.0114. The van der Waals surface area contributed by atoms with Crippen molar-refractivity contribution >= 4 is 5.91 Å². The van der Waals surface area contributed by atoms with E-state index in [1.165, 1.54) is 12.1 Å². The first-order chi connectivity index (χ1) is 12.9. The van der Waals surface area contributed by atoms with Crippen molar-refractivity contribution in [2.24, 2.45) is 0 Å². The predicted molar refractivity (Wildman–Crippen MR) is 104 cm³/mol. The summed E-state index contributed by atoms with van der Waals surface area (Å²) in [6, 6.07) is 14.7. The van der Waals surface area contributed by atoms with E-state index in [1.54, 1.807) is 0 Å². The van der Waals surface area contributed by atoms with Crippen LogP contribution in [0.1, 0.15) is 25.0 Å². The first-order valence-electron chi connectivity index (χ1n) is 9.40. The van der Waals surface area contributed by atoms with E-state index in [0.29, 0.717) is 6.54 Å². The largest absolute Gasteiger partial charge is 0.484 e. The van der Waals surface area contributed by atoms with Crippen molar-refractivity contribution in [2.45, 2.75) is 39.4 Å². The number of carbonyl (C=O) groups is 1. The first-order valence-corrected chi connectivity index (χ1v) is 9.40. The van der Waals surface area contributed by atoms with Gasteiger partial charge in [0.05, 0.1) is 0 Å². The minimum atomic E-state index is -0.218. The molecule has 144 valence electrons. The van der Waals surface area contributed by atoms with Crippen molar-refractivity contribution in [3.63, 3.8) is 0 Å². The molecular formula is C22H27FN2O2. The summed E-state index contributed by atoms with van der Waals surface area (Å²) in [5, 5.41) is 0. The van der Waals surface area contributed by atoms with Gasteiger partial charge in [-0.3, -0.25) is 9.69 Å². The Morgan fingerprint density at radius 2 is 1.85 bits per heavy atom. The van der Waals surface area contributed by atoms with E-state index >= 15 is 0 Å². The summed E-state index contributed by atoms with van der Waals surface area (Å²) in [6.07, 6.45) is 0. The van der Waals surface area contributed by atoms with Gasteiger partial charge in [0.1, 0.15) is 11.6 Å². The molecule has 4 nitrogen and oxygen atoms in total. The van der Waals surface area contributed by atoms with Gasteiger partial charge in [0.2, 0.25) is 0 Å². The van der Waals surface area contributed by atoms with Crippen LogP contribution in [0.3, 0.4) is 0 Å². The highest BCUT2D eigenvalue weighted by Crippen LogP contribution is 2.19. The Hall–Kier alpha value is -2.40. The summed E-state index contributed by atoms with van der Waals surface area (Å²) in [6.45, 7) is 8.45. The summed E-state index contributed by atoms with van der Waals surface area (Å²) >= 11 is 0. The number of nitrogens with zero attached hydrogens (tertiary/aromatic N) is 2. The average Bonchev–Trinajstić information content (AvgIpc) is 2.64. The van der Waals surface area contributed by atoms with Crippen LogP contribution in [0.25, 0.3) is 0 Å². The molecule has 2 aromatic rings. The van der Waals surface area contributed by atoms with Crippen molar-refractivity contribution in [1.29, 1.82) is 0 Å². The maximum absolute atomic E-state index is 13.1. The molecule has 0 radical (unpaired) electrons. The zero-order valence-electron chi connectivity index (χ0n) is 16.2. The van der Waals surface area contributed by atoms with Crippen LogP contribution in [0.15, 0.2) is 48.5 Å². The van der Waals surface area contributed by atoms with E-state index in [2.05, 4.69) is 18.7 Å². The molecule has 27 heavy (non-hydrogen) atoms. The van der Waals surface area contributed by atoms with Crippen LogP contribution in [0.5, 0.6) is 5.75 Å². The number of hydrogen-bond donors (Lipinski definition) is 0. The Bertz CT molecular complexity index is 778. The summed E-state index contributed by atoms with van der Waals surface area (Å²) in [4.78, 5) is 16.9. The first kappa shape index (κ1) is 19.4. The van der Waals surface area contributed by atoms with Crippen molar-refractivity contribution in [3.05, 3.63) is 65.5 Å². The zero-order chi connectivity index (χ0) is 19.4. The molecule has 1 aliphatic rings. The highest BCUT2D eigenvalue weighted by molar-refractivity contribution is 5.78. The molecule has 0 N–H and O–H groups in total. The van der Waals surface area contributed by atoms with Gasteiger partial charge in [-0.25, -0.2) is 4.39 Å². The number of piperazine rings is 1. The van der Waals surface area contributed by atoms with Crippen LogP contribution in [0, 0.1) is 12.7 Å². The lowest BCUT2D eigenvalue weighted by Crippen LogP contribution is -2.58. The van der Waals surface area contributed by atoms with Gasteiger partial charge < -0.3 is 9.64 Å². The molecule has 5 heteroatoms.